The molecule has 2 aromatic heterocycles. The zero-order chi connectivity index (χ0) is 36.1. The van der Waals surface area contributed by atoms with Crippen molar-refractivity contribution < 1.29 is 26.0 Å². The summed E-state index contributed by atoms with van der Waals surface area (Å²) in [4.78, 5) is 10.1. The fourth-order valence-corrected chi connectivity index (χ4v) is 12.5. The first kappa shape index (κ1) is 35.7. The van der Waals surface area contributed by atoms with Crippen LogP contribution in [0.15, 0.2) is 158 Å². The summed E-state index contributed by atoms with van der Waals surface area (Å²) in [6.45, 7) is 8.81. The Morgan fingerprint density at radius 3 is 1.96 bits per heavy atom. The molecule has 1 aliphatic heterocycles. The van der Waals surface area contributed by atoms with Crippen LogP contribution in [-0.4, -0.2) is 28.6 Å². The van der Waals surface area contributed by atoms with Crippen molar-refractivity contribution in [3.05, 3.63) is 176 Å². The van der Waals surface area contributed by atoms with Gasteiger partial charge in [-0.2, -0.15) is 51.7 Å². The van der Waals surface area contributed by atoms with Crippen molar-refractivity contribution in [1.29, 1.82) is 0 Å². The monoisotopic (exact) mass is 900 g/mol. The molecule has 0 spiro atoms. The maximum absolute atomic E-state index is 5.13. The molecule has 0 atom stereocenters. The van der Waals surface area contributed by atoms with E-state index in [0.717, 1.165) is 49.7 Å². The summed E-state index contributed by atoms with van der Waals surface area (Å²) in [5.74, 6) is 1.28. The van der Waals surface area contributed by atoms with Crippen molar-refractivity contribution >= 4 is 67.7 Å². The standard InChI is InChI=1S/C47H40N4OSi.Pt/c1-33(2)35-28-29-48-47(30-35)49-43-23-12-11-22-41(43)42-27-26-40(32-46(42)49)53(37-17-7-5-8-18-37,38-19-9-6-10-20-38)39-21-15-16-36(31-39)51-45-25-14-13-24-44(45)50(52-51)34(3)4;/h5-30,33-34H,1-4H3;/q-2;/p+1. The van der Waals surface area contributed by atoms with E-state index >= 15 is 0 Å². The summed E-state index contributed by atoms with van der Waals surface area (Å²) >= 11 is 0. The van der Waals surface area contributed by atoms with Gasteiger partial charge in [0.15, 0.2) is 0 Å². The molecule has 5 nitrogen and oxygen atoms in total. The van der Waals surface area contributed by atoms with Crippen LogP contribution in [0.3, 0.4) is 0 Å². The summed E-state index contributed by atoms with van der Waals surface area (Å²) in [5, 5.41) is 11.3. The summed E-state index contributed by atoms with van der Waals surface area (Å²) < 4.78 is 2.30. The molecule has 0 fully saturated rings. The summed E-state index contributed by atoms with van der Waals surface area (Å²) in [6, 6.07) is 62.9. The van der Waals surface area contributed by atoms with Crippen molar-refractivity contribution in [3.8, 4) is 5.82 Å². The molecular weight excluding hydrogens is 860 g/mol. The van der Waals surface area contributed by atoms with Gasteiger partial charge in [0.05, 0.1) is 6.04 Å². The Morgan fingerprint density at radius 2 is 1.26 bits per heavy atom. The van der Waals surface area contributed by atoms with Crippen LogP contribution in [0, 0.1) is 12.1 Å². The Hall–Kier alpha value is -5.26. The summed E-state index contributed by atoms with van der Waals surface area (Å²) in [7, 11) is -3.06. The number of fused-ring (bicyclic) bond motifs is 4. The molecule has 3 heterocycles. The molecule has 0 radical (unpaired) electrons. The van der Waals surface area contributed by atoms with Crippen molar-refractivity contribution in [2.45, 2.75) is 39.7 Å². The zero-order valence-corrected chi connectivity index (χ0v) is 34.0. The van der Waals surface area contributed by atoms with E-state index in [0.29, 0.717) is 5.92 Å². The van der Waals surface area contributed by atoms with E-state index in [4.69, 9.17) is 9.92 Å². The molecule has 8 aromatic rings. The molecular formula is C47H41N4OPtSi-. The molecule has 54 heavy (non-hydrogen) atoms. The van der Waals surface area contributed by atoms with Crippen LogP contribution in [-0.2, 0) is 21.1 Å². The first-order valence-electron chi connectivity index (χ1n) is 18.4. The van der Waals surface area contributed by atoms with E-state index in [1.165, 1.54) is 21.3 Å². The van der Waals surface area contributed by atoms with Crippen LogP contribution in [0.25, 0.3) is 27.6 Å². The second-order valence-electron chi connectivity index (χ2n) is 14.3. The van der Waals surface area contributed by atoms with Crippen LogP contribution in [0.5, 0.6) is 0 Å². The smallest absolute Gasteiger partial charge is 0.145 e. The molecule has 0 amide bonds. The van der Waals surface area contributed by atoms with Gasteiger partial charge in [0.1, 0.15) is 25.3 Å². The topological polar surface area (TPSA) is 37.1 Å². The number of benzene rings is 6. The molecule has 1 N–H and O–H groups in total. The molecule has 7 heteroatoms. The third kappa shape index (κ3) is 5.81. The van der Waals surface area contributed by atoms with E-state index in [-0.39, 0.29) is 27.1 Å². The maximum Gasteiger partial charge on any atom is 0.145 e. The quantitative estimate of drug-likeness (QED) is 0.0666. The molecule has 0 saturated carbocycles. The molecule has 0 unspecified atom stereocenters. The van der Waals surface area contributed by atoms with Crippen LogP contribution in [0.2, 0.25) is 0 Å². The number of hydrogen-bond acceptors (Lipinski definition) is 3. The van der Waals surface area contributed by atoms with Crippen LogP contribution < -0.4 is 30.9 Å². The Balaban J connectivity index is 0.00000413. The minimum Gasteiger partial charge on any atom is -0.319 e. The molecule has 6 aromatic carbocycles. The van der Waals surface area contributed by atoms with Gasteiger partial charge in [0, 0.05) is 38.5 Å². The van der Waals surface area contributed by atoms with Gasteiger partial charge >= 0.3 is 0 Å². The van der Waals surface area contributed by atoms with Crippen LogP contribution >= 0.6 is 0 Å². The Bertz CT molecular complexity index is 2550. The largest absolute Gasteiger partial charge is 0.319 e. The fraction of sp³-hybridized carbons (Fsp3) is 0.128. The second-order valence-corrected chi connectivity index (χ2v) is 18.1. The van der Waals surface area contributed by atoms with Gasteiger partial charge in [-0.3, -0.25) is 0 Å². The number of hydrogen-bond donors (Lipinski definition) is 0. The Kier molecular flexibility index (Phi) is 9.61. The van der Waals surface area contributed by atoms with Gasteiger partial charge in [-0.1, -0.05) is 110 Å². The fourth-order valence-electron chi connectivity index (χ4n) is 7.96. The predicted octanol–water partition coefficient (Wildman–Crippen LogP) is 8.48. The van der Waals surface area contributed by atoms with Gasteiger partial charge in [0.2, 0.25) is 0 Å². The van der Waals surface area contributed by atoms with Gasteiger partial charge in [-0.05, 0) is 71.4 Å². The minimum atomic E-state index is -3.06. The summed E-state index contributed by atoms with van der Waals surface area (Å²) in [6.07, 6.45) is 1.94. The Labute approximate surface area is 332 Å². The van der Waals surface area contributed by atoms with E-state index in [2.05, 4.69) is 201 Å². The van der Waals surface area contributed by atoms with Gasteiger partial charge < -0.3 is 4.57 Å². The van der Waals surface area contributed by atoms with Gasteiger partial charge in [0.25, 0.3) is 0 Å². The van der Waals surface area contributed by atoms with Crippen LogP contribution in [0.4, 0.5) is 17.1 Å². The van der Waals surface area contributed by atoms with Crippen LogP contribution in [0.1, 0.15) is 39.2 Å². The third-order valence-electron chi connectivity index (χ3n) is 10.5. The number of hydroxylamine groups is 1. The maximum atomic E-state index is 5.13. The molecule has 1 aliphatic rings. The van der Waals surface area contributed by atoms with Gasteiger partial charge in [-0.15, -0.1) is 21.6 Å². The Morgan fingerprint density at radius 1 is 0.611 bits per heavy atom. The van der Waals surface area contributed by atoms with E-state index in [1.54, 1.807) is 0 Å². The molecule has 9 rings (SSSR count). The normalized spacial score (nSPS) is 12.9. The van der Waals surface area contributed by atoms with E-state index in [1.807, 2.05) is 11.3 Å². The molecule has 270 valence electrons. The number of nitrogens with zero attached hydrogens (tertiary/aromatic N) is 4. The van der Waals surface area contributed by atoms with Crippen molar-refractivity contribution in [2.24, 2.45) is 0 Å². The number of anilines is 3. The second kappa shape index (κ2) is 14.5. The van der Waals surface area contributed by atoms with Gasteiger partial charge in [-0.25, -0.2) is 4.98 Å². The zero-order valence-electron chi connectivity index (χ0n) is 30.7. The first-order valence-corrected chi connectivity index (χ1v) is 20.4. The van der Waals surface area contributed by atoms with Crippen molar-refractivity contribution in [2.75, 3.05) is 10.1 Å². The van der Waals surface area contributed by atoms with E-state index < -0.39 is 8.07 Å². The van der Waals surface area contributed by atoms with E-state index in [9.17, 15) is 0 Å². The number of pyridine rings is 1. The first-order chi connectivity index (χ1) is 25.9. The predicted molar refractivity (Wildman–Crippen MR) is 222 cm³/mol. The number of rotatable bonds is 8. The average Bonchev–Trinajstić information content (AvgIpc) is 3.76. The third-order valence-corrected chi connectivity index (χ3v) is 15.1. The van der Waals surface area contributed by atoms with Crippen molar-refractivity contribution in [3.63, 3.8) is 0 Å². The SMILES string of the molecule is CC(C)c1ccnc(-n2c3[c-]c([Si](c4[c-]c(N5[OH+]N(C(C)C)c6ccccc65)ccc4)(c4ccccc4)c4ccccc4)ccc3c3ccccc32)c1.[Pt]. The minimum absolute atomic E-state index is 0. The number of aromatic nitrogens is 2. The number of para-hydroxylation sites is 3. The molecule has 0 aliphatic carbocycles. The summed E-state index contributed by atoms with van der Waals surface area (Å²) in [5.41, 5.74) is 6.45. The average molecular weight is 901 g/mol. The molecule has 0 saturated heterocycles. The van der Waals surface area contributed by atoms with Crippen molar-refractivity contribution in [1.82, 2.24) is 9.55 Å². The molecule has 0 bridgehead atoms.